The van der Waals surface area contributed by atoms with Crippen LogP contribution in [0.1, 0.15) is 352 Å². The van der Waals surface area contributed by atoms with E-state index < -0.39 is 17.9 Å². The van der Waals surface area contributed by atoms with E-state index >= 15 is 0 Å². The number of hydrogen-bond acceptors (Lipinski definition) is 5. The van der Waals surface area contributed by atoms with Gasteiger partial charge in [-0.25, -0.2) is 0 Å². The van der Waals surface area contributed by atoms with Gasteiger partial charge in [-0.1, -0.05) is 250 Å². The van der Waals surface area contributed by atoms with E-state index in [1.807, 2.05) is 0 Å². The van der Waals surface area contributed by atoms with Crippen LogP contribution in [0.4, 0.5) is 0 Å². The highest BCUT2D eigenvalue weighted by Gasteiger charge is 2.34. The molecular weight excluding hydrogens is 1020 g/mol. The number of esters is 1. The molecule has 1 aromatic rings. The lowest BCUT2D eigenvalue weighted by atomic mass is 9.66. The molecule has 0 spiro atoms. The van der Waals surface area contributed by atoms with E-state index in [0.717, 1.165) is 166 Å². The molecule has 0 saturated carbocycles. The number of aryl methyl sites for hydroxylation is 1. The van der Waals surface area contributed by atoms with Crippen LogP contribution in [-0.2, 0) is 38.4 Å². The Bertz CT molecular complexity index is 1860. The number of hydrogen-bond donors (Lipinski definition) is 3. The number of unbranched alkanes of at least 4 members (excludes halogenated alkanes) is 32. The molecule has 1 aliphatic rings. The van der Waals surface area contributed by atoms with Crippen LogP contribution in [0.25, 0.3) is 6.08 Å². The van der Waals surface area contributed by atoms with Gasteiger partial charge in [-0.2, -0.15) is 0 Å². The van der Waals surface area contributed by atoms with Crippen molar-refractivity contribution in [3.63, 3.8) is 0 Å². The minimum atomic E-state index is -0.711. The summed E-state index contributed by atoms with van der Waals surface area (Å²) in [6.45, 7) is 9.13. The van der Waals surface area contributed by atoms with Crippen LogP contribution in [0.5, 0.6) is 5.75 Å². The van der Waals surface area contributed by atoms with Crippen molar-refractivity contribution in [1.29, 1.82) is 0 Å². The van der Waals surface area contributed by atoms with Crippen molar-refractivity contribution >= 4 is 30.0 Å². The number of aliphatic carboxylic acids is 3. The molecule has 0 bridgehead atoms. The van der Waals surface area contributed by atoms with Crippen LogP contribution in [0.15, 0.2) is 36.4 Å². The van der Waals surface area contributed by atoms with Gasteiger partial charge in [0.2, 0.25) is 0 Å². The Labute approximate surface area is 503 Å². The van der Waals surface area contributed by atoms with Gasteiger partial charge in [0.1, 0.15) is 5.75 Å². The van der Waals surface area contributed by atoms with Gasteiger partial charge in [0.05, 0.1) is 0 Å². The maximum Gasteiger partial charge on any atom is 0.311 e. The third kappa shape index (κ3) is 37.6. The molecule has 470 valence electrons. The first kappa shape index (κ1) is 74.4. The fraction of sp³-hybridized carbons (Fsp3) is 0.784. The minimum absolute atomic E-state index is 0.105. The van der Waals surface area contributed by atoms with Crippen LogP contribution < -0.4 is 4.74 Å². The first-order chi connectivity index (χ1) is 40.1. The summed E-state index contributed by atoms with van der Waals surface area (Å²) in [5, 5.41) is 27.2. The smallest absolute Gasteiger partial charge is 0.311 e. The van der Waals surface area contributed by atoms with Gasteiger partial charge < -0.3 is 20.1 Å². The molecule has 0 radical (unpaired) electrons. The number of carbonyl (C=O) groups is 4. The molecule has 2 rings (SSSR count). The Morgan fingerprint density at radius 2 is 0.805 bits per heavy atom. The maximum atomic E-state index is 14.0. The Balaban J connectivity index is 2.22. The molecule has 1 aliphatic carbocycles. The minimum Gasteiger partial charge on any atom is -0.481 e. The normalized spacial score (nSPS) is 16.2. The summed E-state index contributed by atoms with van der Waals surface area (Å²) in [6, 6.07) is 2.26. The van der Waals surface area contributed by atoms with Gasteiger partial charge in [0, 0.05) is 25.7 Å². The number of allylic oxidation sites excluding steroid dienone is 5. The first-order valence-corrected chi connectivity index (χ1v) is 35.1. The topological polar surface area (TPSA) is 138 Å². The quantitative estimate of drug-likeness (QED) is 0.0254. The molecule has 0 fully saturated rings. The molecule has 82 heavy (non-hydrogen) atoms. The number of carboxylic acid groups (broad SMARTS) is 3. The number of rotatable bonds is 57. The lowest BCUT2D eigenvalue weighted by Crippen LogP contribution is -2.30. The molecule has 8 heteroatoms. The lowest BCUT2D eigenvalue weighted by Gasteiger charge is -2.39. The van der Waals surface area contributed by atoms with Crippen molar-refractivity contribution in [2.24, 2.45) is 23.7 Å². The van der Waals surface area contributed by atoms with E-state index in [0.29, 0.717) is 36.5 Å². The Kier molecular flexibility index (Phi) is 46.9. The highest BCUT2D eigenvalue weighted by atomic mass is 16.5. The van der Waals surface area contributed by atoms with Crippen LogP contribution in [-0.4, -0.2) is 39.2 Å². The average Bonchev–Trinajstić information content (AvgIpc) is 3.62. The molecule has 0 saturated heterocycles. The second-order valence-corrected chi connectivity index (χ2v) is 25.1. The molecule has 4 atom stereocenters. The zero-order valence-corrected chi connectivity index (χ0v) is 53.6. The summed E-state index contributed by atoms with van der Waals surface area (Å²) >= 11 is 0. The highest BCUT2D eigenvalue weighted by molar-refractivity contribution is 5.74. The van der Waals surface area contributed by atoms with Crippen molar-refractivity contribution < 1.29 is 39.2 Å². The SMILES string of the molecule is CCCCC/C=C/c1c(CCCCC)cc(OC(=O)CCCCCCCCC2C(CCCCCCCCCC(=O)O)C=CC(CCCCC)C2/C=C/CCCCC)c(CCCCCCCCCC(=O)O)c1CCCCCCCCC(=O)O. The van der Waals surface area contributed by atoms with E-state index in [2.05, 4.69) is 70.2 Å². The fourth-order valence-electron chi connectivity index (χ4n) is 12.8. The van der Waals surface area contributed by atoms with Crippen LogP contribution in [0, 0.1) is 23.7 Å². The van der Waals surface area contributed by atoms with Crippen molar-refractivity contribution in [2.75, 3.05) is 0 Å². The van der Waals surface area contributed by atoms with Gasteiger partial charge in [0.15, 0.2) is 0 Å². The van der Waals surface area contributed by atoms with Gasteiger partial charge in [-0.15, -0.1) is 0 Å². The fourth-order valence-corrected chi connectivity index (χ4v) is 12.8. The zero-order valence-electron chi connectivity index (χ0n) is 53.6. The standard InChI is InChI=1S/C74H126O8/c1-5-9-13-25-38-50-65-62(47-35-11-7-3)59-60-63(48-37-27-17-15-19-31-43-55-71(75)76)66(65)51-40-28-22-24-34-46-58-74(81)82-70-61-64(49-36-12-8-4)67(52-39-26-14-10-6-2)68(53-41-29-21-23-33-45-57-73(79)80)69(70)54-42-30-18-16-20-32-44-56-72(77)78/h38-39,50,52,59-63,65-66H,5-37,40-49,51,53-58H2,1-4H3,(H,75,76)(H,77,78)(H,79,80)/b50-38+,52-39+. The second-order valence-electron chi connectivity index (χ2n) is 25.1. The van der Waals surface area contributed by atoms with Crippen molar-refractivity contribution in [1.82, 2.24) is 0 Å². The molecular formula is C74H126O8. The van der Waals surface area contributed by atoms with E-state index in [9.17, 15) is 19.2 Å². The third-order valence-electron chi connectivity index (χ3n) is 17.8. The first-order valence-electron chi connectivity index (χ1n) is 35.1. The van der Waals surface area contributed by atoms with E-state index in [4.69, 9.17) is 20.1 Å². The largest absolute Gasteiger partial charge is 0.481 e. The Hall–Kier alpha value is -3.68. The van der Waals surface area contributed by atoms with E-state index in [1.165, 1.54) is 157 Å². The summed E-state index contributed by atoms with van der Waals surface area (Å²) in [6.07, 6.45) is 68.1. The van der Waals surface area contributed by atoms with Gasteiger partial charge in [0.25, 0.3) is 0 Å². The van der Waals surface area contributed by atoms with Gasteiger partial charge >= 0.3 is 23.9 Å². The Morgan fingerprint density at radius 3 is 1.33 bits per heavy atom. The highest BCUT2D eigenvalue weighted by Crippen LogP contribution is 2.43. The number of ether oxygens (including phenoxy) is 1. The molecule has 0 amide bonds. The lowest BCUT2D eigenvalue weighted by molar-refractivity contribution is -0.138. The van der Waals surface area contributed by atoms with Crippen LogP contribution >= 0.6 is 0 Å². The number of carbonyl (C=O) groups excluding carboxylic acids is 1. The molecule has 0 aliphatic heterocycles. The van der Waals surface area contributed by atoms with E-state index in [-0.39, 0.29) is 18.8 Å². The number of benzene rings is 1. The molecule has 8 nitrogen and oxygen atoms in total. The third-order valence-corrected chi connectivity index (χ3v) is 17.8. The molecule has 3 N–H and O–H groups in total. The van der Waals surface area contributed by atoms with Crippen molar-refractivity contribution in [3.8, 4) is 5.75 Å². The predicted molar refractivity (Wildman–Crippen MR) is 347 cm³/mol. The molecule has 0 aromatic heterocycles. The second kappa shape index (κ2) is 51.7. The van der Waals surface area contributed by atoms with Crippen LogP contribution in [0.2, 0.25) is 0 Å². The summed E-state index contributed by atoms with van der Waals surface area (Å²) < 4.78 is 6.58. The van der Waals surface area contributed by atoms with Gasteiger partial charge in [-0.05, 0) is 161 Å². The maximum absolute atomic E-state index is 14.0. The Morgan fingerprint density at radius 1 is 0.415 bits per heavy atom. The van der Waals surface area contributed by atoms with Crippen LogP contribution in [0.3, 0.4) is 0 Å². The van der Waals surface area contributed by atoms with E-state index in [1.54, 1.807) is 0 Å². The van der Waals surface area contributed by atoms with Crippen molar-refractivity contribution in [2.45, 2.75) is 349 Å². The zero-order chi connectivity index (χ0) is 59.5. The summed E-state index contributed by atoms with van der Waals surface area (Å²) in [5.74, 6) is 1.20. The molecule has 4 unspecified atom stereocenters. The molecule has 1 aromatic carbocycles. The monoisotopic (exact) mass is 1140 g/mol. The summed E-state index contributed by atoms with van der Waals surface area (Å²) in [7, 11) is 0. The van der Waals surface area contributed by atoms with Gasteiger partial charge in [-0.3, -0.25) is 19.2 Å². The summed E-state index contributed by atoms with van der Waals surface area (Å²) in [4.78, 5) is 47.1. The predicted octanol–water partition coefficient (Wildman–Crippen LogP) is 22.5. The number of carboxylic acids is 3. The summed E-state index contributed by atoms with van der Waals surface area (Å²) in [5.41, 5.74) is 5.27. The molecule has 0 heterocycles. The average molecular weight is 1140 g/mol. The van der Waals surface area contributed by atoms with Crippen molar-refractivity contribution in [3.05, 3.63) is 58.7 Å².